The van der Waals surface area contributed by atoms with Crippen LogP contribution in [-0.2, 0) is 11.3 Å². The van der Waals surface area contributed by atoms with Crippen LogP contribution in [0.5, 0.6) is 0 Å². The number of aromatic nitrogens is 1. The third kappa shape index (κ3) is 3.00. The zero-order valence-corrected chi connectivity index (χ0v) is 11.8. The van der Waals surface area contributed by atoms with Crippen LogP contribution in [0.15, 0.2) is 41.2 Å². The van der Waals surface area contributed by atoms with Gasteiger partial charge in [-0.1, -0.05) is 12.1 Å². The van der Waals surface area contributed by atoms with E-state index in [1.54, 1.807) is 30.3 Å². The number of nitriles is 1. The van der Waals surface area contributed by atoms with Crippen LogP contribution in [0, 0.1) is 18.3 Å². The van der Waals surface area contributed by atoms with Gasteiger partial charge in [-0.2, -0.15) is 5.26 Å². The Morgan fingerprint density at radius 1 is 1.24 bits per heavy atom. The van der Waals surface area contributed by atoms with Crippen molar-refractivity contribution in [3.63, 3.8) is 0 Å². The molecule has 0 unspecified atom stereocenters. The highest BCUT2D eigenvalue weighted by Gasteiger charge is 2.08. The maximum atomic E-state index is 12.1. The van der Waals surface area contributed by atoms with Crippen LogP contribution < -0.4 is 5.56 Å². The molecule has 0 amide bonds. The lowest BCUT2D eigenvalue weighted by Crippen LogP contribution is -2.24. The summed E-state index contributed by atoms with van der Waals surface area (Å²) in [5.41, 5.74) is 1.90. The molecule has 0 radical (unpaired) electrons. The summed E-state index contributed by atoms with van der Waals surface area (Å²) in [7, 11) is 1.33. The first kappa shape index (κ1) is 14.5. The van der Waals surface area contributed by atoms with E-state index in [4.69, 9.17) is 5.26 Å². The summed E-state index contributed by atoms with van der Waals surface area (Å²) < 4.78 is 6.17. The molecule has 5 heteroatoms. The molecular weight excluding hydrogens is 268 g/mol. The number of ether oxygens (including phenoxy) is 1. The Balaban J connectivity index is 2.33. The number of rotatable bonds is 3. The molecule has 1 aromatic carbocycles. The number of pyridine rings is 1. The molecule has 0 aliphatic carbocycles. The Bertz CT molecular complexity index is 768. The van der Waals surface area contributed by atoms with Crippen molar-refractivity contribution in [3.05, 3.63) is 69.1 Å². The summed E-state index contributed by atoms with van der Waals surface area (Å²) in [4.78, 5) is 23.5. The molecule has 2 aromatic rings. The third-order valence-electron chi connectivity index (χ3n) is 3.23. The van der Waals surface area contributed by atoms with Gasteiger partial charge in [0, 0.05) is 5.69 Å². The molecule has 0 N–H and O–H groups in total. The molecule has 0 saturated carbocycles. The topological polar surface area (TPSA) is 72.1 Å². The minimum atomic E-state index is -0.402. The molecule has 0 atom stereocenters. The van der Waals surface area contributed by atoms with E-state index in [-0.39, 0.29) is 11.1 Å². The van der Waals surface area contributed by atoms with E-state index < -0.39 is 5.97 Å². The van der Waals surface area contributed by atoms with E-state index in [1.807, 2.05) is 13.0 Å². The standard InChI is InChI=1S/C16H14N2O3/c1-11-3-6-14(9-17)15(19)18(11)10-12-4-7-13(8-5-12)16(20)21-2/h3-8H,10H2,1-2H3. The van der Waals surface area contributed by atoms with Gasteiger partial charge in [0.05, 0.1) is 19.2 Å². The van der Waals surface area contributed by atoms with Gasteiger partial charge in [-0.05, 0) is 36.8 Å². The molecule has 0 aliphatic heterocycles. The second-order valence-electron chi connectivity index (χ2n) is 4.58. The quantitative estimate of drug-likeness (QED) is 0.806. The highest BCUT2D eigenvalue weighted by molar-refractivity contribution is 5.89. The molecule has 1 aromatic heterocycles. The molecule has 5 nitrogen and oxygen atoms in total. The van der Waals surface area contributed by atoms with E-state index in [1.165, 1.54) is 17.7 Å². The van der Waals surface area contributed by atoms with Crippen molar-refractivity contribution in [2.24, 2.45) is 0 Å². The molecule has 0 saturated heterocycles. The maximum Gasteiger partial charge on any atom is 0.337 e. The largest absolute Gasteiger partial charge is 0.465 e. The second kappa shape index (κ2) is 6.06. The lowest BCUT2D eigenvalue weighted by Gasteiger charge is -2.10. The van der Waals surface area contributed by atoms with E-state index in [0.29, 0.717) is 12.1 Å². The smallest absolute Gasteiger partial charge is 0.337 e. The van der Waals surface area contributed by atoms with Crippen LogP contribution in [0.25, 0.3) is 0 Å². The number of nitrogens with zero attached hydrogens (tertiary/aromatic N) is 2. The number of hydrogen-bond donors (Lipinski definition) is 0. The number of hydrogen-bond acceptors (Lipinski definition) is 4. The summed E-state index contributed by atoms with van der Waals surface area (Å²) in [6.07, 6.45) is 0. The summed E-state index contributed by atoms with van der Waals surface area (Å²) in [5, 5.41) is 8.91. The lowest BCUT2D eigenvalue weighted by atomic mass is 10.1. The van der Waals surface area contributed by atoms with Gasteiger partial charge in [-0.15, -0.1) is 0 Å². The average molecular weight is 282 g/mol. The molecule has 0 spiro atoms. The van der Waals surface area contributed by atoms with Gasteiger partial charge >= 0.3 is 5.97 Å². The first-order chi connectivity index (χ1) is 10.1. The lowest BCUT2D eigenvalue weighted by molar-refractivity contribution is 0.0600. The normalized spacial score (nSPS) is 9.95. The fraction of sp³-hybridized carbons (Fsp3) is 0.188. The van der Waals surface area contributed by atoms with Gasteiger partial charge in [0.2, 0.25) is 0 Å². The van der Waals surface area contributed by atoms with Gasteiger partial charge < -0.3 is 9.30 Å². The third-order valence-corrected chi connectivity index (χ3v) is 3.23. The Kier molecular flexibility index (Phi) is 4.19. The van der Waals surface area contributed by atoms with Crippen LogP contribution in [0.4, 0.5) is 0 Å². The van der Waals surface area contributed by atoms with Gasteiger partial charge in [0.1, 0.15) is 11.6 Å². The highest BCUT2D eigenvalue weighted by atomic mass is 16.5. The molecule has 0 aliphatic rings. The monoisotopic (exact) mass is 282 g/mol. The summed E-state index contributed by atoms with van der Waals surface area (Å²) >= 11 is 0. The Morgan fingerprint density at radius 2 is 1.90 bits per heavy atom. The highest BCUT2D eigenvalue weighted by Crippen LogP contribution is 2.08. The molecule has 0 fully saturated rings. The maximum absolute atomic E-state index is 12.1. The summed E-state index contributed by atoms with van der Waals surface area (Å²) in [6.45, 7) is 2.16. The predicted octanol–water partition coefficient (Wildman–Crippen LogP) is 1.86. The first-order valence-electron chi connectivity index (χ1n) is 6.34. The zero-order chi connectivity index (χ0) is 15.4. The van der Waals surface area contributed by atoms with E-state index in [2.05, 4.69) is 4.74 Å². The zero-order valence-electron chi connectivity index (χ0n) is 11.8. The molecular formula is C16H14N2O3. The molecule has 1 heterocycles. The minimum absolute atomic E-state index is 0.117. The number of aryl methyl sites for hydroxylation is 1. The Labute approximate surface area is 122 Å². The first-order valence-corrected chi connectivity index (χ1v) is 6.34. The van der Waals surface area contributed by atoms with E-state index in [0.717, 1.165) is 11.3 Å². The van der Waals surface area contributed by atoms with Crippen molar-refractivity contribution in [3.8, 4) is 6.07 Å². The molecule has 2 rings (SSSR count). The Hall–Kier alpha value is -2.87. The van der Waals surface area contributed by atoms with Crippen LogP contribution in [0.1, 0.15) is 27.2 Å². The number of carbonyl (C=O) groups is 1. The van der Waals surface area contributed by atoms with Crippen LogP contribution >= 0.6 is 0 Å². The van der Waals surface area contributed by atoms with Crippen LogP contribution in [-0.4, -0.2) is 17.6 Å². The fourth-order valence-corrected chi connectivity index (χ4v) is 2.00. The number of esters is 1. The summed E-state index contributed by atoms with van der Waals surface area (Å²) in [6, 6.07) is 12.0. The van der Waals surface area contributed by atoms with Gasteiger partial charge in [-0.3, -0.25) is 4.79 Å². The predicted molar refractivity (Wildman–Crippen MR) is 77.0 cm³/mol. The van der Waals surface area contributed by atoms with Crippen LogP contribution in [0.3, 0.4) is 0 Å². The number of carbonyl (C=O) groups excluding carboxylic acids is 1. The van der Waals surface area contributed by atoms with E-state index in [9.17, 15) is 9.59 Å². The average Bonchev–Trinajstić information content (AvgIpc) is 2.51. The number of methoxy groups -OCH3 is 1. The summed E-state index contributed by atoms with van der Waals surface area (Å²) in [5.74, 6) is -0.402. The van der Waals surface area contributed by atoms with Gasteiger partial charge in [0.15, 0.2) is 0 Å². The van der Waals surface area contributed by atoms with E-state index >= 15 is 0 Å². The van der Waals surface area contributed by atoms with Crippen molar-refractivity contribution < 1.29 is 9.53 Å². The minimum Gasteiger partial charge on any atom is -0.465 e. The van der Waals surface area contributed by atoms with Crippen molar-refractivity contribution in [2.75, 3.05) is 7.11 Å². The SMILES string of the molecule is COC(=O)c1ccc(Cn2c(C)ccc(C#N)c2=O)cc1. The van der Waals surface area contributed by atoms with Crippen LogP contribution in [0.2, 0.25) is 0 Å². The van der Waals surface area contributed by atoms with Crippen molar-refractivity contribution in [1.82, 2.24) is 4.57 Å². The molecule has 106 valence electrons. The van der Waals surface area contributed by atoms with Crippen molar-refractivity contribution >= 4 is 5.97 Å². The number of benzene rings is 1. The molecule has 21 heavy (non-hydrogen) atoms. The molecule has 0 bridgehead atoms. The second-order valence-corrected chi connectivity index (χ2v) is 4.58. The van der Waals surface area contributed by atoms with Gasteiger partial charge in [0.25, 0.3) is 5.56 Å². The van der Waals surface area contributed by atoms with Gasteiger partial charge in [-0.25, -0.2) is 4.79 Å². The Morgan fingerprint density at radius 3 is 2.48 bits per heavy atom. The van der Waals surface area contributed by atoms with Crippen molar-refractivity contribution in [1.29, 1.82) is 5.26 Å². The van der Waals surface area contributed by atoms with Crippen molar-refractivity contribution in [2.45, 2.75) is 13.5 Å². The fourth-order valence-electron chi connectivity index (χ4n) is 2.00.